The SMILES string of the molecule is CCc1cccc[c]1[Sn]([CH3])([CH3])[CH3]. The normalized spacial score (nSPS) is 11.7. The second-order valence-corrected chi connectivity index (χ2v) is 18.6. The summed E-state index contributed by atoms with van der Waals surface area (Å²) >= 11 is -1.81. The Kier molecular flexibility index (Phi) is 3.21. The van der Waals surface area contributed by atoms with Gasteiger partial charge in [0.05, 0.1) is 0 Å². The van der Waals surface area contributed by atoms with Gasteiger partial charge in [0.1, 0.15) is 0 Å². The number of aryl methyl sites for hydroxylation is 1. The molecule has 1 heteroatoms. The third kappa shape index (κ3) is 2.25. The molecular weight excluding hydrogens is 251 g/mol. The van der Waals surface area contributed by atoms with Crippen molar-refractivity contribution in [1.82, 2.24) is 0 Å². The third-order valence-corrected chi connectivity index (χ3v) is 8.21. The Bertz CT molecular complexity index is 258. The fourth-order valence-corrected chi connectivity index (χ4v) is 6.75. The molecule has 0 atom stereocenters. The molecule has 0 aliphatic rings. The summed E-state index contributed by atoms with van der Waals surface area (Å²) in [4.78, 5) is 7.43. The Morgan fingerprint density at radius 1 is 1.08 bits per heavy atom. The summed E-state index contributed by atoms with van der Waals surface area (Å²) in [6.45, 7) is 2.25. The van der Waals surface area contributed by atoms with Gasteiger partial charge >= 0.3 is 79.9 Å². The van der Waals surface area contributed by atoms with Gasteiger partial charge in [0.15, 0.2) is 0 Å². The molecule has 1 rings (SSSR count). The summed E-state index contributed by atoms with van der Waals surface area (Å²) in [7, 11) is 0. The van der Waals surface area contributed by atoms with Crippen LogP contribution in [0.25, 0.3) is 0 Å². The number of hydrogen-bond acceptors (Lipinski definition) is 0. The molecule has 66 valence electrons. The first kappa shape index (κ1) is 10.1. The van der Waals surface area contributed by atoms with E-state index in [0.717, 1.165) is 0 Å². The fraction of sp³-hybridized carbons (Fsp3) is 0.455. The molecule has 0 heterocycles. The van der Waals surface area contributed by atoms with Crippen molar-refractivity contribution in [2.45, 2.75) is 28.2 Å². The van der Waals surface area contributed by atoms with Crippen molar-refractivity contribution in [3.8, 4) is 0 Å². The molecule has 0 amide bonds. The maximum atomic E-state index is 2.48. The van der Waals surface area contributed by atoms with Crippen LogP contribution in [0.4, 0.5) is 0 Å². The van der Waals surface area contributed by atoms with Crippen LogP contribution in [0.15, 0.2) is 24.3 Å². The summed E-state index contributed by atoms with van der Waals surface area (Å²) in [5.74, 6) is 0. The Balaban J connectivity index is 3.14. The first-order valence-electron chi connectivity index (χ1n) is 4.64. The summed E-state index contributed by atoms with van der Waals surface area (Å²) in [6, 6.07) is 8.93. The van der Waals surface area contributed by atoms with Crippen molar-refractivity contribution >= 4 is 22.0 Å². The standard InChI is InChI=1S/C8H9.3CH3.Sn/c1-2-8-6-4-3-5-7-8;;;;/h3-6H,2H2,1H3;3*1H3;. The zero-order chi connectivity index (χ0) is 9.19. The average Bonchev–Trinajstić information content (AvgIpc) is 2.03. The van der Waals surface area contributed by atoms with Crippen LogP contribution < -0.4 is 3.58 Å². The summed E-state index contributed by atoms with van der Waals surface area (Å²) < 4.78 is 1.69. The van der Waals surface area contributed by atoms with Gasteiger partial charge < -0.3 is 0 Å². The average molecular weight is 269 g/mol. The molecule has 12 heavy (non-hydrogen) atoms. The molecule has 0 radical (unpaired) electrons. The molecular formula is C11H18Sn. The molecule has 0 N–H and O–H groups in total. The molecule has 0 aliphatic heterocycles. The van der Waals surface area contributed by atoms with Gasteiger partial charge in [-0.3, -0.25) is 0 Å². The molecule has 0 unspecified atom stereocenters. The van der Waals surface area contributed by atoms with E-state index in [-0.39, 0.29) is 0 Å². The van der Waals surface area contributed by atoms with Gasteiger partial charge in [-0.1, -0.05) is 0 Å². The first-order valence-corrected chi connectivity index (χ1v) is 14.6. The number of rotatable bonds is 2. The Morgan fingerprint density at radius 3 is 2.08 bits per heavy atom. The van der Waals surface area contributed by atoms with E-state index in [2.05, 4.69) is 46.0 Å². The Hall–Kier alpha value is 0.0187. The molecule has 0 saturated carbocycles. The van der Waals surface area contributed by atoms with Crippen LogP contribution in [0.5, 0.6) is 0 Å². The van der Waals surface area contributed by atoms with Crippen LogP contribution in [0.2, 0.25) is 14.8 Å². The van der Waals surface area contributed by atoms with Gasteiger partial charge in [-0.2, -0.15) is 0 Å². The van der Waals surface area contributed by atoms with Crippen molar-refractivity contribution in [2.75, 3.05) is 0 Å². The second-order valence-electron chi connectivity index (χ2n) is 4.26. The molecule has 1 aromatic carbocycles. The molecule has 1 aromatic rings. The molecule has 0 fully saturated rings. The van der Waals surface area contributed by atoms with Crippen LogP contribution in [-0.2, 0) is 6.42 Å². The van der Waals surface area contributed by atoms with Gasteiger partial charge in [-0.25, -0.2) is 0 Å². The topological polar surface area (TPSA) is 0 Å². The van der Waals surface area contributed by atoms with Crippen molar-refractivity contribution in [1.29, 1.82) is 0 Å². The van der Waals surface area contributed by atoms with Crippen molar-refractivity contribution in [3.05, 3.63) is 29.8 Å². The van der Waals surface area contributed by atoms with Crippen molar-refractivity contribution in [3.63, 3.8) is 0 Å². The molecule has 0 bridgehead atoms. The Morgan fingerprint density at radius 2 is 1.67 bits per heavy atom. The van der Waals surface area contributed by atoms with Crippen LogP contribution in [0.3, 0.4) is 0 Å². The van der Waals surface area contributed by atoms with Gasteiger partial charge in [0, 0.05) is 0 Å². The van der Waals surface area contributed by atoms with E-state index in [1.165, 1.54) is 6.42 Å². The summed E-state index contributed by atoms with van der Waals surface area (Å²) in [5, 5.41) is 0. The van der Waals surface area contributed by atoms with E-state index in [1.54, 1.807) is 9.14 Å². The van der Waals surface area contributed by atoms with Crippen LogP contribution >= 0.6 is 0 Å². The van der Waals surface area contributed by atoms with E-state index < -0.39 is 18.4 Å². The fourth-order valence-electron chi connectivity index (χ4n) is 1.56. The minimum absolute atomic E-state index is 1.18. The van der Waals surface area contributed by atoms with E-state index in [9.17, 15) is 0 Å². The van der Waals surface area contributed by atoms with Gasteiger partial charge in [-0.05, 0) is 0 Å². The molecule has 0 aromatic heterocycles. The van der Waals surface area contributed by atoms with Crippen LogP contribution in [-0.4, -0.2) is 18.4 Å². The van der Waals surface area contributed by atoms with Gasteiger partial charge in [0.25, 0.3) is 0 Å². The van der Waals surface area contributed by atoms with E-state index in [0.29, 0.717) is 0 Å². The quantitative estimate of drug-likeness (QED) is 0.724. The maximum absolute atomic E-state index is 2.48. The zero-order valence-corrected chi connectivity index (χ0v) is 11.4. The first-order chi connectivity index (χ1) is 5.55. The number of hydrogen-bond donors (Lipinski definition) is 0. The predicted octanol–water partition coefficient (Wildman–Crippen LogP) is 2.79. The number of benzene rings is 1. The molecule has 0 saturated heterocycles. The molecule has 0 spiro atoms. The van der Waals surface area contributed by atoms with Crippen molar-refractivity contribution in [2.24, 2.45) is 0 Å². The Labute approximate surface area is 79.9 Å². The van der Waals surface area contributed by atoms with E-state index >= 15 is 0 Å². The van der Waals surface area contributed by atoms with E-state index in [1.807, 2.05) is 0 Å². The zero-order valence-electron chi connectivity index (χ0n) is 8.52. The van der Waals surface area contributed by atoms with Gasteiger partial charge in [0.2, 0.25) is 0 Å². The summed E-state index contributed by atoms with van der Waals surface area (Å²) in [5.41, 5.74) is 1.57. The summed E-state index contributed by atoms with van der Waals surface area (Å²) in [6.07, 6.45) is 1.18. The molecule has 0 nitrogen and oxygen atoms in total. The predicted molar refractivity (Wildman–Crippen MR) is 58.8 cm³/mol. The second kappa shape index (κ2) is 3.82. The van der Waals surface area contributed by atoms with Crippen LogP contribution in [0, 0.1) is 0 Å². The third-order valence-electron chi connectivity index (χ3n) is 2.21. The van der Waals surface area contributed by atoms with Gasteiger partial charge in [-0.15, -0.1) is 0 Å². The van der Waals surface area contributed by atoms with E-state index in [4.69, 9.17) is 0 Å². The minimum atomic E-state index is -1.81. The monoisotopic (exact) mass is 270 g/mol. The van der Waals surface area contributed by atoms with Crippen LogP contribution in [0.1, 0.15) is 12.5 Å². The van der Waals surface area contributed by atoms with Crippen molar-refractivity contribution < 1.29 is 0 Å². The molecule has 0 aliphatic carbocycles.